The lowest BCUT2D eigenvalue weighted by Crippen LogP contribution is -2.41. The highest BCUT2D eigenvalue weighted by molar-refractivity contribution is 5.97. The molecule has 0 aliphatic carbocycles. The lowest BCUT2D eigenvalue weighted by Gasteiger charge is -2.07. The largest absolute Gasteiger partial charge is 0.452 e. The number of hydrogen-bond donors (Lipinski definition) is 2. The van der Waals surface area contributed by atoms with E-state index in [1.807, 2.05) is 12.2 Å². The Hall–Kier alpha value is -2.51. The van der Waals surface area contributed by atoms with Gasteiger partial charge in [-0.2, -0.15) is 0 Å². The molecular formula is C13H14F2N2O4. The van der Waals surface area contributed by atoms with E-state index in [9.17, 15) is 23.2 Å². The van der Waals surface area contributed by atoms with Gasteiger partial charge in [-0.05, 0) is 18.6 Å². The number of halogens is 2. The molecule has 0 aromatic heterocycles. The van der Waals surface area contributed by atoms with Crippen LogP contribution in [0.2, 0.25) is 0 Å². The fourth-order valence-electron chi connectivity index (χ4n) is 1.31. The van der Waals surface area contributed by atoms with Crippen LogP contribution in [0.15, 0.2) is 18.2 Å². The van der Waals surface area contributed by atoms with Gasteiger partial charge in [-0.15, -0.1) is 0 Å². The quantitative estimate of drug-likeness (QED) is 0.804. The molecule has 114 valence electrons. The Morgan fingerprint density at radius 1 is 1.24 bits per heavy atom. The number of carbonyl (C=O) groups is 3. The lowest BCUT2D eigenvalue weighted by molar-refractivity contribution is -0.123. The van der Waals surface area contributed by atoms with Gasteiger partial charge >= 0.3 is 12.0 Å². The Kier molecular flexibility index (Phi) is 6.25. The summed E-state index contributed by atoms with van der Waals surface area (Å²) in [5, 5.41) is 4.31. The number of imide groups is 1. The maximum absolute atomic E-state index is 13.3. The van der Waals surface area contributed by atoms with Gasteiger partial charge in [0, 0.05) is 12.6 Å². The Labute approximate surface area is 119 Å². The molecule has 21 heavy (non-hydrogen) atoms. The summed E-state index contributed by atoms with van der Waals surface area (Å²) in [4.78, 5) is 33.9. The van der Waals surface area contributed by atoms with Crippen LogP contribution in [0.25, 0.3) is 0 Å². The first-order valence-corrected chi connectivity index (χ1v) is 6.14. The average Bonchev–Trinajstić information content (AvgIpc) is 2.42. The molecular weight excluding hydrogens is 286 g/mol. The van der Waals surface area contributed by atoms with Gasteiger partial charge in [-0.25, -0.2) is 18.4 Å². The van der Waals surface area contributed by atoms with Crippen molar-refractivity contribution in [2.75, 3.05) is 13.2 Å². The number of ether oxygens (including phenoxy) is 1. The number of amides is 3. The molecule has 0 spiro atoms. The Balaban J connectivity index is 2.45. The fourth-order valence-corrected chi connectivity index (χ4v) is 1.31. The second kappa shape index (κ2) is 7.93. The summed E-state index contributed by atoms with van der Waals surface area (Å²) in [6.07, 6.45) is 0.695. The van der Waals surface area contributed by atoms with Crippen molar-refractivity contribution in [1.29, 1.82) is 0 Å². The van der Waals surface area contributed by atoms with Crippen molar-refractivity contribution in [2.24, 2.45) is 0 Å². The minimum absolute atomic E-state index is 0.389. The van der Waals surface area contributed by atoms with Crippen molar-refractivity contribution in [1.82, 2.24) is 10.6 Å². The van der Waals surface area contributed by atoms with E-state index in [0.717, 1.165) is 12.1 Å². The first-order chi connectivity index (χ1) is 9.93. The van der Waals surface area contributed by atoms with Crippen LogP contribution in [0.3, 0.4) is 0 Å². The highest BCUT2D eigenvalue weighted by Gasteiger charge is 2.16. The van der Waals surface area contributed by atoms with Crippen molar-refractivity contribution in [2.45, 2.75) is 13.3 Å². The molecule has 0 aliphatic heterocycles. The Bertz CT molecular complexity index is 549. The molecule has 0 aliphatic rings. The van der Waals surface area contributed by atoms with Crippen LogP contribution in [-0.4, -0.2) is 31.1 Å². The first-order valence-electron chi connectivity index (χ1n) is 6.14. The third-order valence-corrected chi connectivity index (χ3v) is 2.27. The molecule has 0 fully saturated rings. The van der Waals surface area contributed by atoms with Crippen LogP contribution in [0.1, 0.15) is 23.7 Å². The van der Waals surface area contributed by atoms with Crippen LogP contribution in [0.4, 0.5) is 13.6 Å². The third kappa shape index (κ3) is 5.55. The summed E-state index contributed by atoms with van der Waals surface area (Å²) in [5.74, 6) is -3.92. The molecule has 3 amide bonds. The van der Waals surface area contributed by atoms with Gasteiger partial charge in [0.25, 0.3) is 5.91 Å². The summed E-state index contributed by atoms with van der Waals surface area (Å²) in [5.41, 5.74) is -0.500. The van der Waals surface area contributed by atoms with E-state index in [4.69, 9.17) is 0 Å². The molecule has 0 heterocycles. The maximum atomic E-state index is 13.3. The number of urea groups is 1. The zero-order chi connectivity index (χ0) is 15.8. The molecule has 0 atom stereocenters. The molecule has 1 rings (SSSR count). The van der Waals surface area contributed by atoms with Gasteiger partial charge in [0.05, 0.1) is 5.56 Å². The summed E-state index contributed by atoms with van der Waals surface area (Å²) in [7, 11) is 0. The van der Waals surface area contributed by atoms with Gasteiger partial charge in [0.2, 0.25) is 0 Å². The van der Waals surface area contributed by atoms with Crippen LogP contribution < -0.4 is 10.6 Å². The van der Waals surface area contributed by atoms with Gasteiger partial charge in [-0.3, -0.25) is 10.1 Å². The molecule has 8 heteroatoms. The Morgan fingerprint density at radius 3 is 2.57 bits per heavy atom. The topological polar surface area (TPSA) is 84.5 Å². The van der Waals surface area contributed by atoms with Crippen molar-refractivity contribution < 1.29 is 27.9 Å². The number of nitrogens with one attached hydrogen (secondary N) is 2. The van der Waals surface area contributed by atoms with Crippen LogP contribution in [0.5, 0.6) is 0 Å². The number of benzene rings is 1. The van der Waals surface area contributed by atoms with E-state index in [1.165, 1.54) is 0 Å². The second-order valence-corrected chi connectivity index (χ2v) is 4.00. The average molecular weight is 300 g/mol. The number of esters is 1. The molecule has 0 saturated carbocycles. The van der Waals surface area contributed by atoms with Crippen LogP contribution >= 0.6 is 0 Å². The molecule has 0 saturated heterocycles. The summed E-state index contributed by atoms with van der Waals surface area (Å²) in [6, 6.07) is 1.59. The predicted molar refractivity (Wildman–Crippen MR) is 68.5 cm³/mol. The predicted octanol–water partition coefficient (Wildman–Crippen LogP) is 1.36. The highest BCUT2D eigenvalue weighted by atomic mass is 19.1. The minimum Gasteiger partial charge on any atom is -0.452 e. The number of carbonyl (C=O) groups excluding carboxylic acids is 3. The van der Waals surface area contributed by atoms with E-state index < -0.39 is 41.7 Å². The highest BCUT2D eigenvalue weighted by Crippen LogP contribution is 2.10. The second-order valence-electron chi connectivity index (χ2n) is 4.00. The normalized spacial score (nSPS) is 9.86. The SMILES string of the molecule is CCCNC(=O)NC(=O)COC(=O)c1ccc(F)cc1F. The maximum Gasteiger partial charge on any atom is 0.341 e. The van der Waals surface area contributed by atoms with Crippen molar-refractivity contribution >= 4 is 17.9 Å². The molecule has 6 nitrogen and oxygen atoms in total. The molecule has 0 bridgehead atoms. The smallest absolute Gasteiger partial charge is 0.341 e. The van der Waals surface area contributed by atoms with E-state index in [1.54, 1.807) is 0 Å². The van der Waals surface area contributed by atoms with Crippen molar-refractivity contribution in [3.63, 3.8) is 0 Å². The van der Waals surface area contributed by atoms with Gasteiger partial charge < -0.3 is 10.1 Å². The summed E-state index contributed by atoms with van der Waals surface area (Å²) < 4.78 is 30.5. The Morgan fingerprint density at radius 2 is 1.95 bits per heavy atom. The van der Waals surface area contributed by atoms with Gasteiger partial charge in [0.1, 0.15) is 11.6 Å². The van der Waals surface area contributed by atoms with Crippen molar-refractivity contribution in [3.8, 4) is 0 Å². The lowest BCUT2D eigenvalue weighted by atomic mass is 10.2. The van der Waals surface area contributed by atoms with Crippen LogP contribution in [-0.2, 0) is 9.53 Å². The van der Waals surface area contributed by atoms with E-state index in [2.05, 4.69) is 10.1 Å². The van der Waals surface area contributed by atoms with Crippen molar-refractivity contribution in [3.05, 3.63) is 35.4 Å². The zero-order valence-corrected chi connectivity index (χ0v) is 11.2. The number of rotatable bonds is 5. The van der Waals surface area contributed by atoms with E-state index in [-0.39, 0.29) is 0 Å². The zero-order valence-electron chi connectivity index (χ0n) is 11.2. The molecule has 1 aromatic rings. The summed E-state index contributed by atoms with van der Waals surface area (Å²) in [6.45, 7) is 1.47. The molecule has 2 N–H and O–H groups in total. The fraction of sp³-hybridized carbons (Fsp3) is 0.308. The summed E-state index contributed by atoms with van der Waals surface area (Å²) >= 11 is 0. The van der Waals surface area contributed by atoms with Gasteiger partial charge in [0.15, 0.2) is 6.61 Å². The molecule has 0 radical (unpaired) electrons. The monoisotopic (exact) mass is 300 g/mol. The first kappa shape index (κ1) is 16.5. The number of hydrogen-bond acceptors (Lipinski definition) is 4. The third-order valence-electron chi connectivity index (χ3n) is 2.27. The van der Waals surface area contributed by atoms with Gasteiger partial charge in [-0.1, -0.05) is 6.92 Å². The minimum atomic E-state index is -1.13. The van der Waals surface area contributed by atoms with E-state index >= 15 is 0 Å². The molecule has 1 aromatic carbocycles. The van der Waals surface area contributed by atoms with E-state index in [0.29, 0.717) is 19.0 Å². The standard InChI is InChI=1S/C13H14F2N2O4/c1-2-5-16-13(20)17-11(18)7-21-12(19)9-4-3-8(14)6-10(9)15/h3-4,6H,2,5,7H2,1H3,(H2,16,17,18,20). The van der Waals surface area contributed by atoms with Crippen LogP contribution in [0, 0.1) is 11.6 Å². The molecule has 0 unspecified atom stereocenters.